The van der Waals surface area contributed by atoms with Crippen LogP contribution in [0.1, 0.15) is 37.8 Å². The van der Waals surface area contributed by atoms with Gasteiger partial charge in [0.05, 0.1) is 6.54 Å². The van der Waals surface area contributed by atoms with Crippen molar-refractivity contribution in [3.8, 4) is 0 Å². The van der Waals surface area contributed by atoms with Crippen LogP contribution in [0, 0.1) is 0 Å². The number of amides is 2. The number of H-pyrrole nitrogens is 1. The van der Waals surface area contributed by atoms with Gasteiger partial charge in [0.25, 0.3) is 0 Å². The van der Waals surface area contributed by atoms with Crippen LogP contribution < -0.4 is 10.2 Å². The number of aliphatic carboxylic acids is 1. The molecule has 1 aliphatic heterocycles. The number of nitrogens with zero attached hydrogens (tertiary/aromatic N) is 1. The third-order valence-electron chi connectivity index (χ3n) is 3.58. The Morgan fingerprint density at radius 2 is 2.29 bits per heavy atom. The zero-order chi connectivity index (χ0) is 15.2. The minimum atomic E-state index is -0.836. The first-order chi connectivity index (χ1) is 10.1. The van der Waals surface area contributed by atoms with Gasteiger partial charge in [-0.1, -0.05) is 11.3 Å². The zero-order valence-electron chi connectivity index (χ0n) is 11.6. The van der Waals surface area contributed by atoms with Crippen LogP contribution in [-0.2, 0) is 11.3 Å². The number of hydrogen-bond donors (Lipinski definition) is 3. The van der Waals surface area contributed by atoms with Gasteiger partial charge in [0.15, 0.2) is 0 Å². The first kappa shape index (κ1) is 15.6. The van der Waals surface area contributed by atoms with Crippen molar-refractivity contribution in [3.05, 3.63) is 20.7 Å². The molecule has 0 aliphatic carbocycles. The van der Waals surface area contributed by atoms with Gasteiger partial charge >= 0.3 is 16.9 Å². The first-order valence-corrected chi connectivity index (χ1v) is 7.87. The summed E-state index contributed by atoms with van der Waals surface area (Å²) in [7, 11) is 0. The van der Waals surface area contributed by atoms with Gasteiger partial charge in [-0.2, -0.15) is 0 Å². The number of aromatic nitrogens is 1. The number of carbonyl (C=O) groups excluding carboxylic acids is 1. The van der Waals surface area contributed by atoms with Gasteiger partial charge in [-0.25, -0.2) is 4.79 Å². The molecular formula is C13H19N3O4S. The smallest absolute Gasteiger partial charge is 0.317 e. The zero-order valence-corrected chi connectivity index (χ0v) is 12.4. The minimum Gasteiger partial charge on any atom is -0.481 e. The molecule has 3 N–H and O–H groups in total. The monoisotopic (exact) mass is 313 g/mol. The summed E-state index contributed by atoms with van der Waals surface area (Å²) in [5.41, 5.74) is 0.678. The average Bonchev–Trinajstić information content (AvgIpc) is 2.88. The molecule has 2 amide bonds. The van der Waals surface area contributed by atoms with E-state index >= 15 is 0 Å². The Hall–Kier alpha value is -1.83. The number of likely N-dealkylation sites (tertiary alicyclic amines) is 1. The molecule has 0 bridgehead atoms. The van der Waals surface area contributed by atoms with Gasteiger partial charge in [-0.3, -0.25) is 9.59 Å². The molecule has 0 saturated carbocycles. The standard InChI is InChI=1S/C13H19N3O4S/c17-11(18)5-4-10-3-1-2-6-16(10)12(19)14-7-9-8-21-13(20)15-9/h8,10H,1-7H2,(H,14,19)(H,15,20)(H,17,18). The molecule has 0 radical (unpaired) electrons. The van der Waals surface area contributed by atoms with E-state index in [1.807, 2.05) is 0 Å². The van der Waals surface area contributed by atoms with Gasteiger partial charge in [0.1, 0.15) is 0 Å². The number of thiazole rings is 1. The van der Waals surface area contributed by atoms with E-state index in [-0.39, 0.29) is 29.9 Å². The Kier molecular flexibility index (Phi) is 5.38. The molecule has 0 aromatic carbocycles. The maximum absolute atomic E-state index is 12.2. The SMILES string of the molecule is O=C(O)CCC1CCCCN1C(=O)NCc1csc(=O)[nH]1. The fourth-order valence-electron chi connectivity index (χ4n) is 2.53. The third-order valence-corrected chi connectivity index (χ3v) is 4.30. The highest BCUT2D eigenvalue weighted by atomic mass is 32.1. The van der Waals surface area contributed by atoms with Crippen LogP contribution in [0.25, 0.3) is 0 Å². The van der Waals surface area contributed by atoms with Crippen molar-refractivity contribution in [2.24, 2.45) is 0 Å². The summed E-state index contributed by atoms with van der Waals surface area (Å²) in [4.78, 5) is 38.1. The van der Waals surface area contributed by atoms with Crippen molar-refractivity contribution in [2.45, 2.75) is 44.7 Å². The molecule has 1 fully saturated rings. The van der Waals surface area contributed by atoms with E-state index in [1.54, 1.807) is 10.3 Å². The van der Waals surface area contributed by atoms with Crippen LogP contribution in [0.4, 0.5) is 4.79 Å². The summed E-state index contributed by atoms with van der Waals surface area (Å²) in [5.74, 6) is -0.836. The van der Waals surface area contributed by atoms with E-state index in [0.29, 0.717) is 18.7 Å². The molecule has 1 aliphatic rings. The summed E-state index contributed by atoms with van der Waals surface area (Å²) in [6.45, 7) is 0.927. The lowest BCUT2D eigenvalue weighted by molar-refractivity contribution is -0.137. The number of piperidine rings is 1. The number of carboxylic acid groups (broad SMARTS) is 1. The van der Waals surface area contributed by atoms with Crippen LogP contribution in [-0.4, -0.2) is 39.6 Å². The maximum atomic E-state index is 12.2. The highest BCUT2D eigenvalue weighted by molar-refractivity contribution is 7.07. The Morgan fingerprint density at radius 1 is 1.48 bits per heavy atom. The fourth-order valence-corrected chi connectivity index (χ4v) is 3.11. The number of carboxylic acids is 1. The van der Waals surface area contributed by atoms with Crippen molar-refractivity contribution in [1.29, 1.82) is 0 Å². The molecular weight excluding hydrogens is 294 g/mol. The molecule has 1 unspecified atom stereocenters. The second-order valence-electron chi connectivity index (χ2n) is 5.11. The Labute approximate surface area is 126 Å². The fraction of sp³-hybridized carbons (Fsp3) is 0.615. The summed E-state index contributed by atoms with van der Waals surface area (Å²) in [5, 5.41) is 13.2. The molecule has 0 spiro atoms. The predicted molar refractivity (Wildman–Crippen MR) is 78.4 cm³/mol. The Balaban J connectivity index is 1.88. The molecule has 1 saturated heterocycles. The summed E-state index contributed by atoms with van der Waals surface area (Å²) >= 11 is 1.06. The molecule has 1 atom stereocenters. The van der Waals surface area contributed by atoms with E-state index in [1.165, 1.54) is 0 Å². The number of aromatic amines is 1. The van der Waals surface area contributed by atoms with E-state index in [9.17, 15) is 14.4 Å². The maximum Gasteiger partial charge on any atom is 0.317 e. The van der Waals surface area contributed by atoms with Gasteiger partial charge in [0.2, 0.25) is 0 Å². The van der Waals surface area contributed by atoms with Gasteiger partial charge in [0, 0.05) is 30.1 Å². The van der Waals surface area contributed by atoms with Crippen molar-refractivity contribution >= 4 is 23.3 Å². The number of carbonyl (C=O) groups is 2. The molecule has 2 rings (SSSR count). The van der Waals surface area contributed by atoms with Crippen LogP contribution >= 0.6 is 11.3 Å². The van der Waals surface area contributed by atoms with E-state index in [4.69, 9.17) is 5.11 Å². The van der Waals surface area contributed by atoms with Gasteiger partial charge in [-0.05, 0) is 25.7 Å². The Morgan fingerprint density at radius 3 is 2.95 bits per heavy atom. The highest BCUT2D eigenvalue weighted by Gasteiger charge is 2.26. The topological polar surface area (TPSA) is 102 Å². The number of nitrogens with one attached hydrogen (secondary N) is 2. The highest BCUT2D eigenvalue weighted by Crippen LogP contribution is 2.21. The van der Waals surface area contributed by atoms with E-state index < -0.39 is 5.97 Å². The number of urea groups is 1. The lowest BCUT2D eigenvalue weighted by Gasteiger charge is -2.35. The van der Waals surface area contributed by atoms with Crippen molar-refractivity contribution in [1.82, 2.24) is 15.2 Å². The van der Waals surface area contributed by atoms with Gasteiger partial charge < -0.3 is 20.3 Å². The number of hydrogen-bond acceptors (Lipinski definition) is 4. The summed E-state index contributed by atoms with van der Waals surface area (Å²) < 4.78 is 0. The lowest BCUT2D eigenvalue weighted by Crippen LogP contribution is -2.48. The average molecular weight is 313 g/mol. The molecule has 8 heteroatoms. The predicted octanol–water partition coefficient (Wildman–Crippen LogP) is 1.37. The normalized spacial score (nSPS) is 18.5. The van der Waals surface area contributed by atoms with Crippen LogP contribution in [0.2, 0.25) is 0 Å². The number of rotatable bonds is 5. The van der Waals surface area contributed by atoms with E-state index in [0.717, 1.165) is 30.6 Å². The van der Waals surface area contributed by atoms with Crippen molar-refractivity contribution in [2.75, 3.05) is 6.54 Å². The van der Waals surface area contributed by atoms with Crippen molar-refractivity contribution in [3.63, 3.8) is 0 Å². The second kappa shape index (κ2) is 7.26. The van der Waals surface area contributed by atoms with Gasteiger partial charge in [-0.15, -0.1) is 0 Å². The summed E-state index contributed by atoms with van der Waals surface area (Å²) in [6.07, 6.45) is 3.36. The summed E-state index contributed by atoms with van der Waals surface area (Å²) in [6, 6.07) is -0.214. The van der Waals surface area contributed by atoms with Crippen LogP contribution in [0.15, 0.2) is 10.2 Å². The Bertz CT molecular complexity index is 554. The van der Waals surface area contributed by atoms with E-state index in [2.05, 4.69) is 10.3 Å². The quantitative estimate of drug-likeness (QED) is 0.764. The van der Waals surface area contributed by atoms with Crippen LogP contribution in [0.5, 0.6) is 0 Å². The lowest BCUT2D eigenvalue weighted by atomic mass is 9.98. The molecule has 1 aromatic heterocycles. The van der Waals surface area contributed by atoms with Crippen LogP contribution in [0.3, 0.4) is 0 Å². The third kappa shape index (κ3) is 4.59. The molecule has 116 valence electrons. The van der Waals surface area contributed by atoms with Crippen molar-refractivity contribution < 1.29 is 14.7 Å². The molecule has 2 heterocycles. The molecule has 7 nitrogen and oxygen atoms in total. The second-order valence-corrected chi connectivity index (χ2v) is 5.95. The molecule has 1 aromatic rings. The minimum absolute atomic E-state index is 0.0172. The largest absolute Gasteiger partial charge is 0.481 e. The molecule has 21 heavy (non-hydrogen) atoms. The first-order valence-electron chi connectivity index (χ1n) is 6.99.